The van der Waals surface area contributed by atoms with Crippen LogP contribution in [-0.4, -0.2) is 17.5 Å². The number of carbonyl (C=O) groups is 1. The number of aryl methyl sites for hydroxylation is 1. The summed E-state index contributed by atoms with van der Waals surface area (Å²) in [5.74, 6) is 0.331. The number of nitrogens with zero attached hydrogens (tertiary/aromatic N) is 2. The van der Waals surface area contributed by atoms with Crippen LogP contribution < -0.4 is 10.1 Å². The highest BCUT2D eigenvalue weighted by molar-refractivity contribution is 7.16. The van der Waals surface area contributed by atoms with Crippen molar-refractivity contribution in [3.8, 4) is 11.8 Å². The van der Waals surface area contributed by atoms with Gasteiger partial charge < -0.3 is 4.74 Å². The Morgan fingerprint density at radius 3 is 2.84 bits per heavy atom. The lowest BCUT2D eigenvalue weighted by Crippen LogP contribution is -2.19. The van der Waals surface area contributed by atoms with Crippen molar-refractivity contribution in [2.24, 2.45) is 0 Å². The lowest BCUT2D eigenvalue weighted by atomic mass is 10.2. The average molecular weight is 273 g/mol. The Labute approximate surface area is 114 Å². The van der Waals surface area contributed by atoms with Gasteiger partial charge in [-0.15, -0.1) is 0 Å². The predicted octanol–water partition coefficient (Wildman–Crippen LogP) is 2.34. The molecule has 0 saturated heterocycles. The highest BCUT2D eigenvalue weighted by Gasteiger charge is 2.07. The minimum absolute atomic E-state index is 0.0927. The fourth-order valence-corrected chi connectivity index (χ4v) is 1.95. The number of amides is 1. The fraction of sp³-hybridized carbons (Fsp3) is 0.154. The molecule has 0 radical (unpaired) electrons. The van der Waals surface area contributed by atoms with Crippen LogP contribution in [0, 0.1) is 18.3 Å². The van der Waals surface area contributed by atoms with E-state index in [0.29, 0.717) is 15.8 Å². The number of hydrogen-bond acceptors (Lipinski definition) is 5. The minimum atomic E-state index is -0.306. The Morgan fingerprint density at radius 1 is 1.47 bits per heavy atom. The van der Waals surface area contributed by atoms with Gasteiger partial charge >= 0.3 is 0 Å². The highest BCUT2D eigenvalue weighted by atomic mass is 32.1. The molecular weight excluding hydrogens is 262 g/mol. The third-order valence-electron chi connectivity index (χ3n) is 2.25. The van der Waals surface area contributed by atoms with Crippen molar-refractivity contribution >= 4 is 22.4 Å². The number of benzene rings is 1. The topological polar surface area (TPSA) is 75.0 Å². The molecule has 0 unspecified atom stereocenters. The Balaban J connectivity index is 1.84. The molecule has 1 heterocycles. The van der Waals surface area contributed by atoms with E-state index in [1.807, 2.05) is 25.1 Å². The quantitative estimate of drug-likeness (QED) is 0.927. The number of hydrogen-bond donors (Lipinski definition) is 1. The summed E-state index contributed by atoms with van der Waals surface area (Å²) in [6, 6.07) is 9.39. The van der Waals surface area contributed by atoms with E-state index in [-0.39, 0.29) is 12.5 Å². The molecule has 0 aliphatic heterocycles. The maximum absolute atomic E-state index is 11.6. The molecule has 0 atom stereocenters. The van der Waals surface area contributed by atoms with Gasteiger partial charge in [0.15, 0.2) is 11.7 Å². The van der Waals surface area contributed by atoms with Gasteiger partial charge in [0.25, 0.3) is 5.91 Å². The summed E-state index contributed by atoms with van der Waals surface area (Å²) in [7, 11) is 0. The number of carbonyl (C=O) groups excluding carboxylic acids is 1. The molecule has 0 bridgehead atoms. The number of ether oxygens (including phenoxy) is 1. The maximum Gasteiger partial charge on any atom is 0.264 e. The predicted molar refractivity (Wildman–Crippen MR) is 72.1 cm³/mol. The van der Waals surface area contributed by atoms with Crippen LogP contribution in [0.4, 0.5) is 5.13 Å². The van der Waals surface area contributed by atoms with Gasteiger partial charge in [-0.1, -0.05) is 29.0 Å². The second kappa shape index (κ2) is 5.98. The van der Waals surface area contributed by atoms with Gasteiger partial charge in [-0.25, -0.2) is 4.98 Å². The lowest BCUT2D eigenvalue weighted by Gasteiger charge is -2.05. The van der Waals surface area contributed by atoms with Gasteiger partial charge in [0.2, 0.25) is 0 Å². The number of rotatable bonds is 4. The molecule has 2 rings (SSSR count). The van der Waals surface area contributed by atoms with Crippen LogP contribution in [0.25, 0.3) is 0 Å². The molecule has 0 spiro atoms. The number of thiazole rings is 1. The van der Waals surface area contributed by atoms with Crippen molar-refractivity contribution in [2.45, 2.75) is 6.92 Å². The molecule has 1 N–H and O–H groups in total. The minimum Gasteiger partial charge on any atom is -0.484 e. The molecule has 0 aliphatic carbocycles. The Bertz CT molecular complexity index is 614. The highest BCUT2D eigenvalue weighted by Crippen LogP contribution is 2.17. The summed E-state index contributed by atoms with van der Waals surface area (Å²) in [4.78, 5) is 16.0. The summed E-state index contributed by atoms with van der Waals surface area (Å²) >= 11 is 1.13. The maximum atomic E-state index is 11.6. The molecule has 2 aromatic rings. The molecule has 96 valence electrons. The molecule has 5 nitrogen and oxygen atoms in total. The standard InChI is InChI=1S/C13H11N3O2S/c1-9-2-4-10(5-3-9)18-8-12(17)16-13-15-7-11(6-14)19-13/h2-5,7H,8H2,1H3,(H,15,16,17). The van der Waals surface area contributed by atoms with Crippen LogP contribution in [0.15, 0.2) is 30.5 Å². The van der Waals surface area contributed by atoms with E-state index in [4.69, 9.17) is 10.00 Å². The van der Waals surface area contributed by atoms with Crippen LogP contribution in [-0.2, 0) is 4.79 Å². The van der Waals surface area contributed by atoms with Gasteiger partial charge in [0, 0.05) is 0 Å². The smallest absolute Gasteiger partial charge is 0.264 e. The first kappa shape index (κ1) is 13.1. The largest absolute Gasteiger partial charge is 0.484 e. The molecular formula is C13H11N3O2S. The van der Waals surface area contributed by atoms with E-state index < -0.39 is 0 Å². The van der Waals surface area contributed by atoms with Crippen LogP contribution in [0.3, 0.4) is 0 Å². The number of nitriles is 1. The van der Waals surface area contributed by atoms with E-state index in [9.17, 15) is 4.79 Å². The third-order valence-corrected chi connectivity index (χ3v) is 3.07. The summed E-state index contributed by atoms with van der Waals surface area (Å²) in [6.07, 6.45) is 1.42. The molecule has 19 heavy (non-hydrogen) atoms. The molecule has 1 aromatic heterocycles. The third kappa shape index (κ3) is 3.79. The van der Waals surface area contributed by atoms with Crippen molar-refractivity contribution in [1.82, 2.24) is 4.98 Å². The van der Waals surface area contributed by atoms with Crippen LogP contribution in [0.2, 0.25) is 0 Å². The number of anilines is 1. The summed E-state index contributed by atoms with van der Waals surface area (Å²) in [6.45, 7) is 1.89. The first-order chi connectivity index (χ1) is 9.17. The monoisotopic (exact) mass is 273 g/mol. The van der Waals surface area contributed by atoms with Crippen molar-refractivity contribution in [3.05, 3.63) is 40.9 Å². The second-order valence-electron chi connectivity index (χ2n) is 3.79. The van der Waals surface area contributed by atoms with Crippen molar-refractivity contribution in [2.75, 3.05) is 11.9 Å². The first-order valence-corrected chi connectivity index (χ1v) is 6.34. The molecule has 1 aromatic carbocycles. The number of aromatic nitrogens is 1. The van der Waals surface area contributed by atoms with Crippen molar-refractivity contribution in [1.29, 1.82) is 5.26 Å². The van der Waals surface area contributed by atoms with E-state index in [0.717, 1.165) is 16.9 Å². The Morgan fingerprint density at radius 2 is 2.21 bits per heavy atom. The molecule has 6 heteroatoms. The van der Waals surface area contributed by atoms with Gasteiger partial charge in [-0.2, -0.15) is 5.26 Å². The fourth-order valence-electron chi connectivity index (χ4n) is 1.32. The zero-order chi connectivity index (χ0) is 13.7. The van der Waals surface area contributed by atoms with Crippen LogP contribution in [0.5, 0.6) is 5.75 Å². The van der Waals surface area contributed by atoms with Gasteiger partial charge in [0.1, 0.15) is 16.7 Å². The van der Waals surface area contributed by atoms with Crippen LogP contribution in [0.1, 0.15) is 10.4 Å². The zero-order valence-electron chi connectivity index (χ0n) is 10.2. The van der Waals surface area contributed by atoms with E-state index in [1.54, 1.807) is 12.1 Å². The average Bonchev–Trinajstić information content (AvgIpc) is 2.86. The number of nitrogens with one attached hydrogen (secondary N) is 1. The zero-order valence-corrected chi connectivity index (χ0v) is 11.0. The van der Waals surface area contributed by atoms with E-state index in [1.165, 1.54) is 6.20 Å². The van der Waals surface area contributed by atoms with Gasteiger partial charge in [-0.3, -0.25) is 10.1 Å². The normalized spacial score (nSPS) is 9.68. The summed E-state index contributed by atoms with van der Waals surface area (Å²) < 4.78 is 5.33. The second-order valence-corrected chi connectivity index (χ2v) is 4.82. The summed E-state index contributed by atoms with van der Waals surface area (Å²) in [5, 5.41) is 11.6. The molecule has 0 saturated carbocycles. The van der Waals surface area contributed by atoms with Gasteiger partial charge in [0.05, 0.1) is 6.20 Å². The van der Waals surface area contributed by atoms with Crippen molar-refractivity contribution in [3.63, 3.8) is 0 Å². The molecule has 1 amide bonds. The lowest BCUT2D eigenvalue weighted by molar-refractivity contribution is -0.118. The van der Waals surface area contributed by atoms with E-state index in [2.05, 4.69) is 10.3 Å². The van der Waals surface area contributed by atoms with Crippen LogP contribution >= 0.6 is 11.3 Å². The molecule has 0 fully saturated rings. The SMILES string of the molecule is Cc1ccc(OCC(=O)Nc2ncc(C#N)s2)cc1. The van der Waals surface area contributed by atoms with E-state index >= 15 is 0 Å². The van der Waals surface area contributed by atoms with Gasteiger partial charge in [-0.05, 0) is 19.1 Å². The molecule has 0 aliphatic rings. The Kier molecular flexibility index (Phi) is 4.11. The summed E-state index contributed by atoms with van der Waals surface area (Å²) in [5.41, 5.74) is 1.13. The van der Waals surface area contributed by atoms with Crippen molar-refractivity contribution < 1.29 is 9.53 Å². The Hall–Kier alpha value is -2.39. The first-order valence-electron chi connectivity index (χ1n) is 5.52.